The van der Waals surface area contributed by atoms with Crippen LogP contribution in [0.1, 0.15) is 26.3 Å². The molecule has 4 aromatic carbocycles. The lowest BCUT2D eigenvalue weighted by Gasteiger charge is -2.28. The summed E-state index contributed by atoms with van der Waals surface area (Å²) in [5.41, 5.74) is 7.40. The van der Waals surface area contributed by atoms with Crippen LogP contribution in [-0.4, -0.2) is 73.3 Å². The molecule has 0 spiro atoms. The Labute approximate surface area is 256 Å². The Morgan fingerprint density at radius 2 is 1.64 bits per heavy atom. The van der Waals surface area contributed by atoms with Crippen molar-refractivity contribution in [3.63, 3.8) is 0 Å². The Morgan fingerprint density at radius 1 is 0.932 bits per heavy atom. The molecule has 6 rings (SSSR count). The smallest absolute Gasteiger partial charge is 0.255 e. The van der Waals surface area contributed by atoms with Gasteiger partial charge in [0, 0.05) is 66.9 Å². The fourth-order valence-electron chi connectivity index (χ4n) is 5.33. The molecule has 0 unspecified atom stereocenters. The second-order valence-electron chi connectivity index (χ2n) is 10.9. The van der Waals surface area contributed by atoms with Gasteiger partial charge in [0.1, 0.15) is 5.82 Å². The number of hydrogen-bond donors (Lipinski definition) is 3. The van der Waals surface area contributed by atoms with E-state index in [4.69, 9.17) is 14.8 Å². The number of nitrogens with zero attached hydrogens (tertiary/aromatic N) is 3. The van der Waals surface area contributed by atoms with Gasteiger partial charge in [-0.05, 0) is 78.4 Å². The molecule has 1 aliphatic heterocycles. The minimum Gasteiger partial charge on any atom is -0.395 e. The number of ketones is 1. The van der Waals surface area contributed by atoms with Crippen LogP contribution < -0.4 is 15.1 Å². The van der Waals surface area contributed by atoms with E-state index in [0.717, 1.165) is 65.5 Å². The van der Waals surface area contributed by atoms with Gasteiger partial charge in [0.2, 0.25) is 0 Å². The summed E-state index contributed by atoms with van der Waals surface area (Å²) < 4.78 is 5.42. The first-order chi connectivity index (χ1) is 21.5. The van der Waals surface area contributed by atoms with E-state index in [9.17, 15) is 9.59 Å². The van der Waals surface area contributed by atoms with Crippen LogP contribution in [0, 0.1) is 0 Å². The van der Waals surface area contributed by atoms with Crippen molar-refractivity contribution in [3.8, 4) is 11.4 Å². The van der Waals surface area contributed by atoms with Crippen molar-refractivity contribution in [3.05, 3.63) is 108 Å². The van der Waals surface area contributed by atoms with Crippen molar-refractivity contribution < 1.29 is 19.4 Å². The maximum Gasteiger partial charge on any atom is 0.255 e. The van der Waals surface area contributed by atoms with Crippen LogP contribution in [0.25, 0.3) is 22.4 Å². The van der Waals surface area contributed by atoms with Gasteiger partial charge < -0.3 is 29.9 Å². The number of rotatable bonds is 10. The average Bonchev–Trinajstić information content (AvgIpc) is 3.49. The van der Waals surface area contributed by atoms with Gasteiger partial charge >= 0.3 is 0 Å². The molecule has 1 saturated heterocycles. The molecule has 44 heavy (non-hydrogen) atoms. The molecule has 1 aromatic heterocycles. The highest BCUT2D eigenvalue weighted by molar-refractivity contribution is 6.04. The van der Waals surface area contributed by atoms with Crippen molar-refractivity contribution in [2.75, 3.05) is 61.6 Å². The molecule has 0 aliphatic carbocycles. The number of carbonyl (C=O) groups excluding carboxylic acids is 2. The van der Waals surface area contributed by atoms with E-state index >= 15 is 0 Å². The number of aliphatic hydroxyl groups is 1. The third-order valence-electron chi connectivity index (χ3n) is 7.90. The first-order valence-electron chi connectivity index (χ1n) is 14.8. The molecule has 0 bridgehead atoms. The number of aromatic amines is 1. The number of fused-ring (bicyclic) bond motifs is 1. The molecule has 2 heterocycles. The first kappa shape index (κ1) is 29.1. The summed E-state index contributed by atoms with van der Waals surface area (Å²) in [5, 5.41) is 12.1. The summed E-state index contributed by atoms with van der Waals surface area (Å²) >= 11 is 0. The molecule has 0 atom stereocenters. The number of aromatic nitrogens is 2. The second kappa shape index (κ2) is 13.1. The molecule has 3 N–H and O–H groups in total. The molecular weight excluding hydrogens is 554 g/mol. The zero-order valence-electron chi connectivity index (χ0n) is 24.6. The number of imidazole rings is 1. The largest absolute Gasteiger partial charge is 0.395 e. The van der Waals surface area contributed by atoms with E-state index in [1.807, 2.05) is 90.8 Å². The Hall–Kier alpha value is -4.99. The molecular formula is C35H35N5O4. The van der Waals surface area contributed by atoms with E-state index in [1.165, 1.54) is 0 Å². The lowest BCUT2D eigenvalue weighted by atomic mass is 10.0. The SMILES string of the molecule is CN(CCO)c1ccc(C(=O)Cc2ccc3nc(-c4ccc(C(=O)Nc5ccc(N6CCOCC6)cc5)cc4)[nH]c3c2)cc1. The minimum absolute atomic E-state index is 0.0300. The first-order valence-corrected chi connectivity index (χ1v) is 14.8. The zero-order chi connectivity index (χ0) is 30.5. The minimum atomic E-state index is -0.179. The van der Waals surface area contributed by atoms with Crippen molar-refractivity contribution in [1.82, 2.24) is 9.97 Å². The topological polar surface area (TPSA) is 111 Å². The fourth-order valence-corrected chi connectivity index (χ4v) is 5.33. The van der Waals surface area contributed by atoms with Crippen molar-refractivity contribution in [2.24, 2.45) is 0 Å². The number of benzene rings is 4. The summed E-state index contributed by atoms with van der Waals surface area (Å²) in [5.74, 6) is 0.542. The molecule has 9 heteroatoms. The van der Waals surface area contributed by atoms with Crippen LogP contribution in [0.3, 0.4) is 0 Å². The average molecular weight is 590 g/mol. The van der Waals surface area contributed by atoms with Crippen LogP contribution in [-0.2, 0) is 11.2 Å². The van der Waals surface area contributed by atoms with Crippen LogP contribution >= 0.6 is 0 Å². The van der Waals surface area contributed by atoms with Crippen LogP contribution in [0.5, 0.6) is 0 Å². The number of hydrogen-bond acceptors (Lipinski definition) is 7. The second-order valence-corrected chi connectivity index (χ2v) is 10.9. The molecule has 0 saturated carbocycles. The van der Waals surface area contributed by atoms with E-state index in [2.05, 4.69) is 15.2 Å². The fraction of sp³-hybridized carbons (Fsp3) is 0.229. The van der Waals surface area contributed by atoms with E-state index < -0.39 is 0 Å². The third-order valence-corrected chi connectivity index (χ3v) is 7.90. The summed E-state index contributed by atoms with van der Waals surface area (Å²) in [7, 11) is 1.90. The molecule has 1 aliphatic rings. The van der Waals surface area contributed by atoms with E-state index in [-0.39, 0.29) is 24.7 Å². The highest BCUT2D eigenvalue weighted by Gasteiger charge is 2.14. The Bertz CT molecular complexity index is 1740. The maximum absolute atomic E-state index is 12.9. The van der Waals surface area contributed by atoms with Crippen LogP contribution in [0.2, 0.25) is 0 Å². The predicted octanol–water partition coefficient (Wildman–Crippen LogP) is 5.17. The van der Waals surface area contributed by atoms with Gasteiger partial charge in [0.15, 0.2) is 5.78 Å². The zero-order valence-corrected chi connectivity index (χ0v) is 24.6. The molecule has 9 nitrogen and oxygen atoms in total. The molecule has 224 valence electrons. The number of H-pyrrole nitrogens is 1. The summed E-state index contributed by atoms with van der Waals surface area (Å²) in [6, 6.07) is 28.4. The number of anilines is 3. The number of nitrogens with one attached hydrogen (secondary N) is 2. The standard InChI is InChI=1S/C35H35N5O4/c1-39(16-19-41)29-11-7-25(8-12-29)33(42)23-24-2-15-31-32(22-24)38-34(37-31)26-3-5-27(6-4-26)35(43)36-28-9-13-30(14-10-28)40-17-20-44-21-18-40/h2-15,22,41H,16-21,23H2,1H3,(H,36,43)(H,37,38). The highest BCUT2D eigenvalue weighted by atomic mass is 16.5. The number of Topliss-reactive ketones (excluding diaryl/α,β-unsaturated/α-hetero) is 1. The van der Waals surface area contributed by atoms with Gasteiger partial charge in [0.25, 0.3) is 5.91 Å². The normalized spacial score (nSPS) is 13.2. The quantitative estimate of drug-likeness (QED) is 0.193. The monoisotopic (exact) mass is 589 g/mol. The summed E-state index contributed by atoms with van der Waals surface area (Å²) in [4.78, 5) is 38.1. The molecule has 5 aromatic rings. The van der Waals surface area contributed by atoms with Crippen LogP contribution in [0.4, 0.5) is 17.1 Å². The summed E-state index contributed by atoms with van der Waals surface area (Å²) in [6.45, 7) is 3.79. The lowest BCUT2D eigenvalue weighted by molar-refractivity contribution is 0.0991. The van der Waals surface area contributed by atoms with Crippen molar-refractivity contribution in [2.45, 2.75) is 6.42 Å². The number of amides is 1. The Morgan fingerprint density at radius 3 is 2.34 bits per heavy atom. The van der Waals surface area contributed by atoms with Gasteiger partial charge in [-0.15, -0.1) is 0 Å². The number of carbonyl (C=O) groups is 2. The molecule has 1 amide bonds. The molecule has 1 fully saturated rings. The van der Waals surface area contributed by atoms with Crippen LogP contribution in [0.15, 0.2) is 91.0 Å². The van der Waals surface area contributed by atoms with Crippen molar-refractivity contribution in [1.29, 1.82) is 0 Å². The number of aliphatic hydroxyl groups excluding tert-OH is 1. The number of ether oxygens (including phenoxy) is 1. The Balaban J connectivity index is 1.08. The van der Waals surface area contributed by atoms with Gasteiger partial charge in [-0.25, -0.2) is 4.98 Å². The van der Waals surface area contributed by atoms with Gasteiger partial charge in [-0.3, -0.25) is 9.59 Å². The number of likely N-dealkylation sites (N-methyl/N-ethyl adjacent to an activating group) is 1. The highest BCUT2D eigenvalue weighted by Crippen LogP contribution is 2.24. The van der Waals surface area contributed by atoms with E-state index in [0.29, 0.717) is 23.5 Å². The summed E-state index contributed by atoms with van der Waals surface area (Å²) in [6.07, 6.45) is 0.274. The predicted molar refractivity (Wildman–Crippen MR) is 174 cm³/mol. The maximum atomic E-state index is 12.9. The Kier molecular flexibility index (Phi) is 8.67. The van der Waals surface area contributed by atoms with Gasteiger partial charge in [-0.2, -0.15) is 0 Å². The van der Waals surface area contributed by atoms with E-state index in [1.54, 1.807) is 12.1 Å². The molecule has 0 radical (unpaired) electrons. The third kappa shape index (κ3) is 6.64. The van der Waals surface area contributed by atoms with Crippen molar-refractivity contribution >= 4 is 39.8 Å². The van der Waals surface area contributed by atoms with Gasteiger partial charge in [-0.1, -0.05) is 18.2 Å². The lowest BCUT2D eigenvalue weighted by Crippen LogP contribution is -2.36. The number of morpholine rings is 1. The van der Waals surface area contributed by atoms with Gasteiger partial charge in [0.05, 0.1) is 30.9 Å².